The van der Waals surface area contributed by atoms with E-state index < -0.39 is 17.4 Å². The number of hydrogen-bond acceptors (Lipinski definition) is 4. The van der Waals surface area contributed by atoms with E-state index in [1.54, 1.807) is 31.2 Å². The zero-order valence-electron chi connectivity index (χ0n) is 15.8. The third-order valence-corrected chi connectivity index (χ3v) is 5.42. The first-order chi connectivity index (χ1) is 13.8. The minimum atomic E-state index is -4.54. The molecule has 5 nitrogen and oxygen atoms in total. The number of halogens is 3. The van der Waals surface area contributed by atoms with Gasteiger partial charge in [-0.3, -0.25) is 4.57 Å². The summed E-state index contributed by atoms with van der Waals surface area (Å²) in [5.74, 6) is 0.320. The number of nitrogens with zero attached hydrogens (tertiary/aromatic N) is 3. The average Bonchev–Trinajstić information content (AvgIpc) is 3.16. The zero-order valence-corrected chi connectivity index (χ0v) is 15.8. The maximum Gasteiger partial charge on any atom is 0.416 e. The van der Waals surface area contributed by atoms with Crippen LogP contribution in [0.25, 0.3) is 16.6 Å². The Bertz CT molecular complexity index is 1120. The summed E-state index contributed by atoms with van der Waals surface area (Å²) in [7, 11) is 0. The van der Waals surface area contributed by atoms with Crippen LogP contribution in [0.4, 0.5) is 19.0 Å². The van der Waals surface area contributed by atoms with Gasteiger partial charge in [0.05, 0.1) is 29.4 Å². The summed E-state index contributed by atoms with van der Waals surface area (Å²) in [5.41, 5.74) is -0.0975. The molecule has 152 valence electrons. The molecule has 0 aliphatic carbocycles. The Hall–Kier alpha value is -2.87. The number of aromatic nitrogens is 2. The van der Waals surface area contributed by atoms with Crippen LogP contribution >= 0.6 is 0 Å². The molecule has 1 aromatic heterocycles. The van der Waals surface area contributed by atoms with Crippen LogP contribution < -0.4 is 10.6 Å². The number of hydrogen-bond donors (Lipinski definition) is 1. The van der Waals surface area contributed by atoms with Crippen molar-refractivity contribution in [2.45, 2.75) is 32.0 Å². The zero-order chi connectivity index (χ0) is 20.8. The first-order valence-corrected chi connectivity index (χ1v) is 9.39. The van der Waals surface area contributed by atoms with Crippen molar-refractivity contribution in [3.05, 3.63) is 64.1 Å². The fourth-order valence-corrected chi connectivity index (χ4v) is 3.96. The van der Waals surface area contributed by atoms with E-state index in [-0.39, 0.29) is 18.2 Å². The molecule has 29 heavy (non-hydrogen) atoms. The minimum Gasteiger partial charge on any atom is -0.394 e. The van der Waals surface area contributed by atoms with Gasteiger partial charge >= 0.3 is 11.9 Å². The van der Waals surface area contributed by atoms with E-state index in [1.165, 1.54) is 10.6 Å². The van der Waals surface area contributed by atoms with Crippen LogP contribution in [-0.4, -0.2) is 33.9 Å². The molecule has 0 saturated carbocycles. The molecule has 0 spiro atoms. The lowest BCUT2D eigenvalue weighted by molar-refractivity contribution is -0.137. The highest BCUT2D eigenvalue weighted by molar-refractivity contribution is 5.91. The lowest BCUT2D eigenvalue weighted by atomic mass is 10.1. The Morgan fingerprint density at radius 1 is 1.21 bits per heavy atom. The third-order valence-electron chi connectivity index (χ3n) is 5.42. The number of alkyl halides is 3. The Kier molecular flexibility index (Phi) is 4.82. The number of fused-ring (bicyclic) bond motifs is 1. The van der Waals surface area contributed by atoms with Gasteiger partial charge in [-0.05, 0) is 49.6 Å². The van der Waals surface area contributed by atoms with Crippen molar-refractivity contribution >= 4 is 16.7 Å². The summed E-state index contributed by atoms with van der Waals surface area (Å²) in [5, 5.41) is 10.1. The van der Waals surface area contributed by atoms with Crippen LogP contribution in [0.15, 0.2) is 47.3 Å². The van der Waals surface area contributed by atoms with Crippen LogP contribution in [0, 0.1) is 6.92 Å². The van der Waals surface area contributed by atoms with Gasteiger partial charge in [0, 0.05) is 11.9 Å². The molecule has 2 aromatic carbocycles. The Labute approximate surface area is 165 Å². The molecule has 1 N–H and O–H groups in total. The predicted molar refractivity (Wildman–Crippen MR) is 105 cm³/mol. The lowest BCUT2D eigenvalue weighted by Crippen LogP contribution is -2.35. The monoisotopic (exact) mass is 403 g/mol. The third kappa shape index (κ3) is 3.37. The number of aliphatic hydroxyl groups excluding tert-OH is 1. The molecule has 1 aliphatic rings. The van der Waals surface area contributed by atoms with Gasteiger partial charge in [-0.25, -0.2) is 4.79 Å². The van der Waals surface area contributed by atoms with Crippen molar-refractivity contribution in [2.75, 3.05) is 18.1 Å². The van der Waals surface area contributed by atoms with Gasteiger partial charge in [-0.15, -0.1) is 0 Å². The SMILES string of the molecule is Cc1ccccc1-n1c(=O)nc(N2CCCC2CO)c2ccc(C(F)(F)F)cc21. The van der Waals surface area contributed by atoms with Gasteiger partial charge in [0.25, 0.3) is 0 Å². The highest BCUT2D eigenvalue weighted by atomic mass is 19.4. The molecule has 3 aromatic rings. The van der Waals surface area contributed by atoms with Crippen LogP contribution in [0.5, 0.6) is 0 Å². The van der Waals surface area contributed by atoms with Gasteiger partial charge in [-0.1, -0.05) is 18.2 Å². The largest absolute Gasteiger partial charge is 0.416 e. The van der Waals surface area contributed by atoms with E-state index in [9.17, 15) is 23.1 Å². The predicted octanol–water partition coefficient (Wildman–Crippen LogP) is 3.67. The maximum absolute atomic E-state index is 13.4. The van der Waals surface area contributed by atoms with E-state index in [2.05, 4.69) is 4.98 Å². The van der Waals surface area contributed by atoms with Gasteiger partial charge in [0.2, 0.25) is 0 Å². The Morgan fingerprint density at radius 3 is 2.66 bits per heavy atom. The standard InChI is InChI=1S/C21H20F3N3O2/c1-13-5-2-3-7-17(13)27-18-11-14(21(22,23)24)8-9-16(18)19(25-20(27)29)26-10-4-6-15(26)12-28/h2-3,5,7-9,11,15,28H,4,6,10,12H2,1H3. The first-order valence-electron chi connectivity index (χ1n) is 9.39. The van der Waals surface area contributed by atoms with Crippen LogP contribution in [0.1, 0.15) is 24.0 Å². The fourth-order valence-electron chi connectivity index (χ4n) is 3.96. The van der Waals surface area contributed by atoms with E-state index in [0.29, 0.717) is 23.4 Å². The van der Waals surface area contributed by atoms with Gasteiger partial charge in [-0.2, -0.15) is 18.2 Å². The molecule has 1 fully saturated rings. The summed E-state index contributed by atoms with van der Waals surface area (Å²) in [6, 6.07) is 10.2. The molecule has 0 bridgehead atoms. The summed E-state index contributed by atoms with van der Waals surface area (Å²) in [6.07, 6.45) is -2.98. The van der Waals surface area contributed by atoms with Crippen molar-refractivity contribution in [1.82, 2.24) is 9.55 Å². The normalized spacial score (nSPS) is 17.3. The highest BCUT2D eigenvalue weighted by Gasteiger charge is 2.32. The molecule has 0 radical (unpaired) electrons. The second-order valence-electron chi connectivity index (χ2n) is 7.24. The van der Waals surface area contributed by atoms with Crippen molar-refractivity contribution in [3.8, 4) is 5.69 Å². The van der Waals surface area contributed by atoms with Crippen molar-refractivity contribution in [3.63, 3.8) is 0 Å². The van der Waals surface area contributed by atoms with Crippen LogP contribution in [-0.2, 0) is 6.18 Å². The Morgan fingerprint density at radius 2 is 1.97 bits per heavy atom. The van der Waals surface area contributed by atoms with Crippen LogP contribution in [0.3, 0.4) is 0 Å². The lowest BCUT2D eigenvalue weighted by Gasteiger charge is -2.26. The number of benzene rings is 2. The summed E-state index contributed by atoms with van der Waals surface area (Å²) >= 11 is 0. The molecule has 1 atom stereocenters. The molecule has 8 heteroatoms. The van der Waals surface area contributed by atoms with E-state index in [0.717, 1.165) is 30.5 Å². The van der Waals surface area contributed by atoms with Crippen LogP contribution in [0.2, 0.25) is 0 Å². The van der Waals surface area contributed by atoms with Gasteiger partial charge < -0.3 is 10.0 Å². The molecule has 2 heterocycles. The fraction of sp³-hybridized carbons (Fsp3) is 0.333. The number of aryl methyl sites for hydroxylation is 1. The topological polar surface area (TPSA) is 58.4 Å². The molecule has 1 saturated heterocycles. The number of para-hydroxylation sites is 1. The molecule has 1 unspecified atom stereocenters. The molecular weight excluding hydrogens is 383 g/mol. The molecule has 1 aliphatic heterocycles. The van der Waals surface area contributed by atoms with Crippen molar-refractivity contribution in [2.24, 2.45) is 0 Å². The molecular formula is C21H20F3N3O2. The average molecular weight is 403 g/mol. The number of aliphatic hydroxyl groups is 1. The highest BCUT2D eigenvalue weighted by Crippen LogP contribution is 2.35. The van der Waals surface area contributed by atoms with E-state index in [4.69, 9.17) is 0 Å². The minimum absolute atomic E-state index is 0.106. The molecule has 0 amide bonds. The number of anilines is 1. The Balaban J connectivity index is 2.06. The second kappa shape index (κ2) is 7.18. The number of rotatable bonds is 3. The van der Waals surface area contributed by atoms with Crippen molar-refractivity contribution in [1.29, 1.82) is 0 Å². The van der Waals surface area contributed by atoms with E-state index in [1.807, 2.05) is 4.90 Å². The molecule has 4 rings (SSSR count). The summed E-state index contributed by atoms with van der Waals surface area (Å²) < 4.78 is 41.4. The summed E-state index contributed by atoms with van der Waals surface area (Å²) in [4.78, 5) is 19.1. The second-order valence-corrected chi connectivity index (χ2v) is 7.24. The maximum atomic E-state index is 13.4. The quantitative estimate of drug-likeness (QED) is 0.725. The van der Waals surface area contributed by atoms with E-state index >= 15 is 0 Å². The van der Waals surface area contributed by atoms with Gasteiger partial charge in [0.1, 0.15) is 5.82 Å². The summed E-state index contributed by atoms with van der Waals surface area (Å²) in [6.45, 7) is 2.27. The first kappa shape index (κ1) is 19.4. The van der Waals surface area contributed by atoms with Crippen molar-refractivity contribution < 1.29 is 18.3 Å². The van der Waals surface area contributed by atoms with Gasteiger partial charge in [0.15, 0.2) is 0 Å². The smallest absolute Gasteiger partial charge is 0.394 e.